The summed E-state index contributed by atoms with van der Waals surface area (Å²) in [5, 5.41) is 9.44. The van der Waals surface area contributed by atoms with E-state index in [0.717, 1.165) is 21.0 Å². The van der Waals surface area contributed by atoms with Crippen LogP contribution in [-0.4, -0.2) is 42.6 Å². The van der Waals surface area contributed by atoms with E-state index in [9.17, 15) is 13.2 Å². The topological polar surface area (TPSA) is 119 Å². The Balaban J connectivity index is 1.69. The lowest BCUT2D eigenvalue weighted by Gasteiger charge is -2.14. The van der Waals surface area contributed by atoms with E-state index in [4.69, 9.17) is 5.26 Å². The Morgan fingerprint density at radius 3 is 2.56 bits per heavy atom. The zero-order chi connectivity index (χ0) is 26.0. The summed E-state index contributed by atoms with van der Waals surface area (Å²) in [5.74, 6) is -1.45. The molecule has 0 saturated carbocycles. The van der Waals surface area contributed by atoms with Gasteiger partial charge in [-0.25, -0.2) is 9.37 Å². The summed E-state index contributed by atoms with van der Waals surface area (Å²) in [6, 6.07) is 15.7. The number of pyridine rings is 1. The average Bonchev–Trinajstić information content (AvgIpc) is 3.28. The zero-order valence-electron chi connectivity index (χ0n) is 19.9. The number of anilines is 1. The number of aromatic nitrogens is 2. The van der Waals surface area contributed by atoms with E-state index in [1.165, 1.54) is 38.5 Å². The van der Waals surface area contributed by atoms with Crippen molar-refractivity contribution in [2.24, 2.45) is 0 Å². The van der Waals surface area contributed by atoms with Gasteiger partial charge in [-0.2, -0.15) is 18.0 Å². The third kappa shape index (κ3) is 4.84. The van der Waals surface area contributed by atoms with Gasteiger partial charge < -0.3 is 4.98 Å². The predicted octanol–water partition coefficient (Wildman–Crippen LogP) is 4.84. The maximum absolute atomic E-state index is 15.2. The fraction of sp³-hybridized carbons (Fsp3) is 0.192. The van der Waals surface area contributed by atoms with Crippen molar-refractivity contribution in [2.45, 2.75) is 19.3 Å². The van der Waals surface area contributed by atoms with Gasteiger partial charge in [0.15, 0.2) is 11.6 Å². The normalized spacial score (nSPS) is 12.4. The van der Waals surface area contributed by atoms with Gasteiger partial charge in [-0.1, -0.05) is 37.3 Å². The molecule has 2 aromatic heterocycles. The van der Waals surface area contributed by atoms with Crippen molar-refractivity contribution in [1.29, 1.82) is 5.26 Å². The molecule has 0 aliphatic carbocycles. The molecule has 2 heterocycles. The number of fused-ring (bicyclic) bond motifs is 1. The van der Waals surface area contributed by atoms with Crippen molar-refractivity contribution < 1.29 is 17.6 Å². The van der Waals surface area contributed by atoms with Crippen molar-refractivity contribution in [3.8, 4) is 17.2 Å². The van der Waals surface area contributed by atoms with Crippen LogP contribution < -0.4 is 4.72 Å². The van der Waals surface area contributed by atoms with Gasteiger partial charge in [0.05, 0.1) is 17.3 Å². The van der Waals surface area contributed by atoms with E-state index in [2.05, 4.69) is 20.8 Å². The number of nitrogens with zero attached hydrogens (tertiary/aromatic N) is 3. The molecule has 0 bridgehead atoms. The molecule has 10 heteroatoms. The lowest BCUT2D eigenvalue weighted by molar-refractivity contribution is 0.103. The maximum atomic E-state index is 15.2. The monoisotopic (exact) mass is 505 g/mol. The first-order valence-corrected chi connectivity index (χ1v) is 12.5. The van der Waals surface area contributed by atoms with Gasteiger partial charge >= 0.3 is 10.2 Å². The number of rotatable bonds is 8. The SMILES string of the molecule is CC(CC#N)c1ccc(-c2cnc3[nH]cc(C(=O)c4cccc(NS(=O)(=O)N(C)C)c4F)c3c2)cc1. The molecule has 1 unspecified atom stereocenters. The highest BCUT2D eigenvalue weighted by Crippen LogP contribution is 2.29. The molecule has 0 aliphatic heterocycles. The van der Waals surface area contributed by atoms with Crippen molar-refractivity contribution in [3.05, 3.63) is 83.4 Å². The molecule has 4 aromatic rings. The van der Waals surface area contributed by atoms with Crippen LogP contribution in [0.2, 0.25) is 0 Å². The van der Waals surface area contributed by atoms with E-state index in [1.54, 1.807) is 12.3 Å². The minimum Gasteiger partial charge on any atom is -0.345 e. The van der Waals surface area contributed by atoms with Crippen molar-refractivity contribution in [2.75, 3.05) is 18.8 Å². The standard InChI is InChI=1S/C26H24FN5O3S/c1-16(11-12-28)17-7-9-18(10-8-17)19-13-21-22(15-30-26(21)29-14-19)25(33)20-5-4-6-23(24(20)27)31-36(34,35)32(2)3/h4-10,13-16,31H,11H2,1-3H3,(H,29,30). The number of halogens is 1. The number of nitriles is 1. The molecule has 0 aliphatic rings. The van der Waals surface area contributed by atoms with Gasteiger partial charge in [0.2, 0.25) is 0 Å². The number of H-pyrrole nitrogens is 1. The van der Waals surface area contributed by atoms with Gasteiger partial charge in [-0.15, -0.1) is 0 Å². The maximum Gasteiger partial charge on any atom is 0.301 e. The van der Waals surface area contributed by atoms with Crippen LogP contribution in [-0.2, 0) is 10.2 Å². The molecule has 0 saturated heterocycles. The second-order valence-corrected chi connectivity index (χ2v) is 10.5. The van der Waals surface area contributed by atoms with Gasteiger partial charge in [-0.3, -0.25) is 9.52 Å². The van der Waals surface area contributed by atoms with Gasteiger partial charge in [0, 0.05) is 49.4 Å². The molecule has 2 aromatic carbocycles. The number of ketones is 1. The second-order valence-electron chi connectivity index (χ2n) is 8.59. The molecule has 8 nitrogen and oxygen atoms in total. The summed E-state index contributed by atoms with van der Waals surface area (Å²) in [4.78, 5) is 20.7. The van der Waals surface area contributed by atoms with Crippen LogP contribution in [0, 0.1) is 17.1 Å². The lowest BCUT2D eigenvalue weighted by atomic mass is 9.95. The molecule has 0 radical (unpaired) electrons. The zero-order valence-corrected chi connectivity index (χ0v) is 20.7. The molecular weight excluding hydrogens is 481 g/mol. The fourth-order valence-corrected chi connectivity index (χ4v) is 4.39. The highest BCUT2D eigenvalue weighted by atomic mass is 32.2. The highest BCUT2D eigenvalue weighted by Gasteiger charge is 2.23. The first kappa shape index (κ1) is 25.0. The number of hydrogen-bond acceptors (Lipinski definition) is 5. The summed E-state index contributed by atoms with van der Waals surface area (Å²) < 4.78 is 42.5. The Labute approximate surface area is 208 Å². The van der Waals surface area contributed by atoms with Crippen molar-refractivity contribution in [1.82, 2.24) is 14.3 Å². The molecule has 184 valence electrons. The van der Waals surface area contributed by atoms with Crippen molar-refractivity contribution in [3.63, 3.8) is 0 Å². The summed E-state index contributed by atoms with van der Waals surface area (Å²) in [5.41, 5.74) is 2.78. The third-order valence-electron chi connectivity index (χ3n) is 5.95. The van der Waals surface area contributed by atoms with Crippen LogP contribution in [0.4, 0.5) is 10.1 Å². The fourth-order valence-electron chi connectivity index (χ4n) is 3.77. The van der Waals surface area contributed by atoms with E-state index in [1.807, 2.05) is 31.2 Å². The molecule has 0 fully saturated rings. The van der Waals surface area contributed by atoms with Gasteiger partial charge in [0.1, 0.15) is 5.65 Å². The number of benzene rings is 2. The smallest absolute Gasteiger partial charge is 0.301 e. The number of carbonyl (C=O) groups excluding carboxylic acids is 1. The van der Waals surface area contributed by atoms with E-state index < -0.39 is 21.8 Å². The Bertz CT molecular complexity index is 1590. The molecule has 0 amide bonds. The van der Waals surface area contributed by atoms with Crippen LogP contribution in [0.3, 0.4) is 0 Å². The van der Waals surface area contributed by atoms with Crippen LogP contribution in [0.15, 0.2) is 60.9 Å². The van der Waals surface area contributed by atoms with E-state index in [0.29, 0.717) is 17.5 Å². The molecule has 0 spiro atoms. The Kier molecular flexibility index (Phi) is 6.88. The minimum atomic E-state index is -3.95. The number of carbonyl (C=O) groups is 1. The number of hydrogen-bond donors (Lipinski definition) is 2. The molecule has 36 heavy (non-hydrogen) atoms. The van der Waals surface area contributed by atoms with Crippen LogP contribution in [0.1, 0.15) is 40.7 Å². The quantitative estimate of drug-likeness (QED) is 0.332. The third-order valence-corrected chi connectivity index (χ3v) is 7.39. The van der Waals surface area contributed by atoms with E-state index in [-0.39, 0.29) is 22.7 Å². The first-order chi connectivity index (χ1) is 17.1. The Morgan fingerprint density at radius 1 is 1.17 bits per heavy atom. The van der Waals surface area contributed by atoms with Crippen molar-refractivity contribution >= 4 is 32.7 Å². The van der Waals surface area contributed by atoms with Crippen LogP contribution in [0.5, 0.6) is 0 Å². The number of aromatic amines is 1. The van der Waals surface area contributed by atoms with Crippen LogP contribution >= 0.6 is 0 Å². The second kappa shape index (κ2) is 9.89. The van der Waals surface area contributed by atoms with E-state index >= 15 is 4.39 Å². The largest absolute Gasteiger partial charge is 0.345 e. The summed E-state index contributed by atoms with van der Waals surface area (Å²) in [7, 11) is -1.33. The Hall–Kier alpha value is -4.07. The number of nitrogens with one attached hydrogen (secondary N) is 2. The molecule has 4 rings (SSSR count). The molecule has 1 atom stereocenters. The summed E-state index contributed by atoms with van der Waals surface area (Å²) in [6.45, 7) is 1.99. The molecular formula is C26H24FN5O3S. The average molecular weight is 506 g/mol. The predicted molar refractivity (Wildman–Crippen MR) is 136 cm³/mol. The molecule has 2 N–H and O–H groups in total. The summed E-state index contributed by atoms with van der Waals surface area (Å²) in [6.07, 6.45) is 3.57. The van der Waals surface area contributed by atoms with Gasteiger partial charge in [-0.05, 0) is 35.2 Å². The van der Waals surface area contributed by atoms with Crippen LogP contribution in [0.25, 0.3) is 22.2 Å². The van der Waals surface area contributed by atoms with Gasteiger partial charge in [0.25, 0.3) is 0 Å². The Morgan fingerprint density at radius 2 is 1.89 bits per heavy atom. The summed E-state index contributed by atoms with van der Waals surface area (Å²) >= 11 is 0. The first-order valence-electron chi connectivity index (χ1n) is 11.1. The minimum absolute atomic E-state index is 0.117. The lowest BCUT2D eigenvalue weighted by Crippen LogP contribution is -2.29. The highest BCUT2D eigenvalue weighted by molar-refractivity contribution is 7.90.